The summed E-state index contributed by atoms with van der Waals surface area (Å²) in [6.07, 6.45) is 12.0. The molecule has 1 aromatic carbocycles. The van der Waals surface area contributed by atoms with Crippen LogP contribution in [-0.2, 0) is 11.8 Å². The van der Waals surface area contributed by atoms with E-state index in [-0.39, 0.29) is 0 Å². The maximum atomic E-state index is 10.1. The molecule has 1 aromatic rings. The van der Waals surface area contributed by atoms with Crippen LogP contribution in [0.4, 0.5) is 0 Å². The predicted octanol–water partition coefficient (Wildman–Crippen LogP) is 4.64. The highest BCUT2D eigenvalue weighted by molar-refractivity contribution is 5.45. The molecule has 2 aliphatic carbocycles. The van der Waals surface area contributed by atoms with E-state index >= 15 is 0 Å². The Morgan fingerprint density at radius 3 is 3.00 bits per heavy atom. The minimum Gasteiger partial charge on any atom is -0.508 e. The number of unbranched alkanes of at least 4 members (excludes halogenated alkanes) is 2. The lowest BCUT2D eigenvalue weighted by molar-refractivity contribution is -0.0119. The Morgan fingerprint density at radius 2 is 2.13 bits per heavy atom. The van der Waals surface area contributed by atoms with E-state index in [0.29, 0.717) is 11.2 Å². The average Bonchev–Trinajstić information content (AvgIpc) is 2.57. The fourth-order valence-corrected chi connectivity index (χ4v) is 5.92. The van der Waals surface area contributed by atoms with Gasteiger partial charge in [0.2, 0.25) is 0 Å². The maximum absolute atomic E-state index is 10.1. The van der Waals surface area contributed by atoms with Crippen molar-refractivity contribution in [1.29, 1.82) is 0 Å². The Kier molecular flexibility index (Phi) is 4.13. The third-order valence-electron chi connectivity index (χ3n) is 6.98. The molecule has 0 amide bonds. The molecule has 1 saturated carbocycles. The summed E-state index contributed by atoms with van der Waals surface area (Å²) >= 11 is 0. The van der Waals surface area contributed by atoms with Crippen LogP contribution in [0.3, 0.4) is 0 Å². The van der Waals surface area contributed by atoms with Gasteiger partial charge >= 0.3 is 0 Å². The van der Waals surface area contributed by atoms with Crippen LogP contribution in [0, 0.1) is 5.92 Å². The van der Waals surface area contributed by atoms with Crippen molar-refractivity contribution in [3.8, 4) is 5.75 Å². The van der Waals surface area contributed by atoms with Crippen molar-refractivity contribution < 1.29 is 5.11 Å². The lowest BCUT2D eigenvalue weighted by Gasteiger charge is -2.59. The Labute approximate surface area is 140 Å². The number of phenolic OH excluding ortho intramolecular Hbond substituents is 1. The van der Waals surface area contributed by atoms with Crippen LogP contribution in [0.15, 0.2) is 18.2 Å². The van der Waals surface area contributed by atoms with Crippen molar-refractivity contribution in [2.45, 2.75) is 76.2 Å². The Bertz CT molecular complexity index is 569. The Morgan fingerprint density at radius 1 is 1.22 bits per heavy atom. The molecule has 2 heteroatoms. The molecule has 126 valence electrons. The van der Waals surface area contributed by atoms with Gasteiger partial charge in [0.1, 0.15) is 5.75 Å². The highest BCUT2D eigenvalue weighted by Gasteiger charge is 2.53. The zero-order valence-corrected chi connectivity index (χ0v) is 14.6. The van der Waals surface area contributed by atoms with Gasteiger partial charge in [0.15, 0.2) is 0 Å². The van der Waals surface area contributed by atoms with Crippen LogP contribution in [0.2, 0.25) is 0 Å². The average molecular weight is 313 g/mol. The van der Waals surface area contributed by atoms with Gasteiger partial charge < -0.3 is 5.11 Å². The molecule has 2 fully saturated rings. The number of hydrogen-bond donors (Lipinski definition) is 1. The van der Waals surface area contributed by atoms with Gasteiger partial charge in [0.05, 0.1) is 0 Å². The van der Waals surface area contributed by atoms with E-state index in [1.165, 1.54) is 82.0 Å². The molecule has 0 radical (unpaired) electrons. The molecule has 2 bridgehead atoms. The van der Waals surface area contributed by atoms with Gasteiger partial charge in [-0.25, -0.2) is 0 Å². The molecule has 1 heterocycles. The first-order valence-corrected chi connectivity index (χ1v) is 9.81. The minimum atomic E-state index is 0.372. The van der Waals surface area contributed by atoms with E-state index in [1.54, 1.807) is 0 Å². The van der Waals surface area contributed by atoms with Crippen LogP contribution in [0.1, 0.15) is 69.4 Å². The molecule has 3 aliphatic rings. The number of aromatic hydroxyl groups is 1. The quantitative estimate of drug-likeness (QED) is 0.819. The summed E-state index contributed by atoms with van der Waals surface area (Å²) in [7, 11) is 0. The largest absolute Gasteiger partial charge is 0.508 e. The fraction of sp³-hybridized carbons (Fsp3) is 0.714. The number of phenols is 1. The van der Waals surface area contributed by atoms with Crippen LogP contribution < -0.4 is 0 Å². The van der Waals surface area contributed by atoms with Crippen LogP contribution >= 0.6 is 0 Å². The molecule has 0 aromatic heterocycles. The molecule has 4 rings (SSSR count). The van der Waals surface area contributed by atoms with Crippen LogP contribution in [0.5, 0.6) is 5.75 Å². The standard InChI is InChI=1S/C21H31NO/c1-2-3-6-12-22-13-11-21-10-5-4-7-18(21)20(22)14-16-8-9-17(23)15-19(16)21/h8-9,15,18,20,23H,2-7,10-14H2,1H3/t18-,20-,21-/m0/s1. The molecule has 1 N–H and O–H groups in total. The van der Waals surface area contributed by atoms with Gasteiger partial charge in [-0.3, -0.25) is 4.90 Å². The topological polar surface area (TPSA) is 23.5 Å². The molecule has 1 saturated heterocycles. The van der Waals surface area contributed by atoms with Crippen molar-refractivity contribution in [3.05, 3.63) is 29.3 Å². The lowest BCUT2D eigenvalue weighted by atomic mass is 9.52. The second kappa shape index (κ2) is 6.12. The molecular weight excluding hydrogens is 282 g/mol. The highest BCUT2D eigenvalue weighted by Crippen LogP contribution is 2.56. The number of hydrogen-bond acceptors (Lipinski definition) is 2. The number of benzene rings is 1. The smallest absolute Gasteiger partial charge is 0.115 e. The minimum absolute atomic E-state index is 0.372. The van der Waals surface area contributed by atoms with E-state index in [2.05, 4.69) is 24.0 Å². The summed E-state index contributed by atoms with van der Waals surface area (Å²) in [6, 6.07) is 6.96. The second-order valence-electron chi connectivity index (χ2n) is 8.11. The lowest BCUT2D eigenvalue weighted by Crippen LogP contribution is -2.60. The van der Waals surface area contributed by atoms with Gasteiger partial charge in [0.25, 0.3) is 0 Å². The predicted molar refractivity (Wildman–Crippen MR) is 94.9 cm³/mol. The van der Waals surface area contributed by atoms with Crippen molar-refractivity contribution in [1.82, 2.24) is 4.90 Å². The number of likely N-dealkylation sites (tertiary alicyclic amines) is 1. The molecular formula is C21H31NO. The summed E-state index contributed by atoms with van der Waals surface area (Å²) < 4.78 is 0. The van der Waals surface area contributed by atoms with Crippen molar-refractivity contribution in [3.63, 3.8) is 0 Å². The number of piperidine rings is 1. The van der Waals surface area contributed by atoms with Crippen molar-refractivity contribution in [2.75, 3.05) is 13.1 Å². The second-order valence-corrected chi connectivity index (χ2v) is 8.11. The monoisotopic (exact) mass is 313 g/mol. The number of nitrogens with zero attached hydrogens (tertiary/aromatic N) is 1. The molecule has 1 aliphatic heterocycles. The zero-order valence-electron chi connectivity index (χ0n) is 14.6. The number of rotatable bonds is 4. The molecule has 3 atom stereocenters. The van der Waals surface area contributed by atoms with Gasteiger partial charge in [-0.05, 0) is 74.4 Å². The van der Waals surface area contributed by atoms with E-state index in [4.69, 9.17) is 0 Å². The van der Waals surface area contributed by atoms with E-state index < -0.39 is 0 Å². The van der Waals surface area contributed by atoms with Crippen LogP contribution in [0.25, 0.3) is 0 Å². The first-order chi connectivity index (χ1) is 11.2. The third-order valence-corrected chi connectivity index (χ3v) is 6.98. The van der Waals surface area contributed by atoms with Crippen LogP contribution in [-0.4, -0.2) is 29.1 Å². The maximum Gasteiger partial charge on any atom is 0.115 e. The molecule has 2 nitrogen and oxygen atoms in total. The molecule has 0 unspecified atom stereocenters. The van der Waals surface area contributed by atoms with E-state index in [9.17, 15) is 5.11 Å². The third kappa shape index (κ3) is 2.50. The van der Waals surface area contributed by atoms with Gasteiger partial charge in [-0.2, -0.15) is 0 Å². The van der Waals surface area contributed by atoms with Gasteiger partial charge in [-0.15, -0.1) is 0 Å². The Hall–Kier alpha value is -1.02. The van der Waals surface area contributed by atoms with Crippen molar-refractivity contribution in [2.24, 2.45) is 5.92 Å². The summed E-state index contributed by atoms with van der Waals surface area (Å²) in [4.78, 5) is 2.82. The van der Waals surface area contributed by atoms with Gasteiger partial charge in [0, 0.05) is 11.5 Å². The highest BCUT2D eigenvalue weighted by atomic mass is 16.3. The number of fused-ring (bicyclic) bond motifs is 1. The van der Waals surface area contributed by atoms with Crippen molar-refractivity contribution >= 4 is 0 Å². The zero-order chi connectivity index (χ0) is 15.9. The summed E-state index contributed by atoms with van der Waals surface area (Å²) in [5, 5.41) is 10.1. The summed E-state index contributed by atoms with van der Waals surface area (Å²) in [5.74, 6) is 1.28. The molecule has 0 spiro atoms. The first kappa shape index (κ1) is 15.5. The fourth-order valence-electron chi connectivity index (χ4n) is 5.92. The Balaban J connectivity index is 1.68. The summed E-state index contributed by atoms with van der Waals surface area (Å²) in [6.45, 7) is 4.85. The van der Waals surface area contributed by atoms with E-state index in [0.717, 1.165) is 12.0 Å². The first-order valence-electron chi connectivity index (χ1n) is 9.81. The molecule has 23 heavy (non-hydrogen) atoms. The van der Waals surface area contributed by atoms with E-state index in [1.807, 2.05) is 6.07 Å². The normalized spacial score (nSPS) is 33.1. The van der Waals surface area contributed by atoms with Gasteiger partial charge in [-0.1, -0.05) is 38.7 Å². The summed E-state index contributed by atoms with van der Waals surface area (Å²) in [5.41, 5.74) is 3.40. The SMILES string of the molecule is CCCCCN1CC[C@@]23CCCC[C@H]2[C@@H]1Cc1ccc(O)cc13.